The van der Waals surface area contributed by atoms with Gasteiger partial charge in [-0.2, -0.15) is 0 Å². The average molecular weight is 428 g/mol. The van der Waals surface area contributed by atoms with E-state index in [4.69, 9.17) is 9.47 Å². The third-order valence-electron chi connectivity index (χ3n) is 6.32. The summed E-state index contributed by atoms with van der Waals surface area (Å²) >= 11 is 0. The molecule has 1 aromatic carbocycles. The fraction of sp³-hybridized carbons (Fsp3) is 0.522. The third-order valence-corrected chi connectivity index (χ3v) is 6.32. The van der Waals surface area contributed by atoms with Crippen molar-refractivity contribution < 1.29 is 23.9 Å². The molecule has 0 atom stereocenters. The first kappa shape index (κ1) is 21.4. The molecule has 0 unspecified atom stereocenters. The largest absolute Gasteiger partial charge is 0.493 e. The van der Waals surface area contributed by atoms with E-state index in [1.54, 1.807) is 14.2 Å². The summed E-state index contributed by atoms with van der Waals surface area (Å²) in [6.07, 6.45) is 8.00. The molecule has 1 aromatic rings. The van der Waals surface area contributed by atoms with Crippen LogP contribution in [0.15, 0.2) is 23.8 Å². The van der Waals surface area contributed by atoms with Crippen molar-refractivity contribution in [3.63, 3.8) is 0 Å². The van der Waals surface area contributed by atoms with E-state index in [1.165, 1.54) is 12.0 Å². The van der Waals surface area contributed by atoms with E-state index in [0.29, 0.717) is 31.0 Å². The van der Waals surface area contributed by atoms with Crippen LogP contribution >= 0.6 is 0 Å². The van der Waals surface area contributed by atoms with Gasteiger partial charge in [0, 0.05) is 19.6 Å². The number of carbonyl (C=O) groups excluding carboxylic acids is 3. The molecule has 31 heavy (non-hydrogen) atoms. The summed E-state index contributed by atoms with van der Waals surface area (Å²) in [5, 5.41) is 0. The number of benzene rings is 1. The van der Waals surface area contributed by atoms with Gasteiger partial charge in [-0.15, -0.1) is 0 Å². The van der Waals surface area contributed by atoms with E-state index in [0.717, 1.165) is 46.6 Å². The summed E-state index contributed by atoms with van der Waals surface area (Å²) in [7, 11) is 3.20. The molecule has 8 heteroatoms. The maximum Gasteiger partial charge on any atom is 0.335 e. The van der Waals surface area contributed by atoms with Crippen LogP contribution in [-0.2, 0) is 22.6 Å². The fourth-order valence-corrected chi connectivity index (χ4v) is 4.52. The zero-order chi connectivity index (χ0) is 22.0. The first-order valence-electron chi connectivity index (χ1n) is 10.8. The molecule has 0 aromatic heterocycles. The van der Waals surface area contributed by atoms with Crippen molar-refractivity contribution >= 4 is 17.8 Å². The molecule has 2 heterocycles. The van der Waals surface area contributed by atoms with Crippen molar-refractivity contribution in [2.45, 2.75) is 45.1 Å². The van der Waals surface area contributed by atoms with Gasteiger partial charge in [-0.3, -0.25) is 19.4 Å². The lowest BCUT2D eigenvalue weighted by Gasteiger charge is -2.31. The minimum atomic E-state index is -0.735. The minimum absolute atomic E-state index is 0.108. The summed E-state index contributed by atoms with van der Waals surface area (Å²) in [6, 6.07) is 3.40. The van der Waals surface area contributed by atoms with Gasteiger partial charge in [-0.05, 0) is 61.8 Å². The number of nitrogens with zero attached hydrogens (tertiary/aromatic N) is 3. The normalized spacial score (nSPS) is 19.5. The second kappa shape index (κ2) is 9.09. The zero-order valence-electron chi connectivity index (χ0n) is 18.2. The lowest BCUT2D eigenvalue weighted by molar-refractivity contribution is -0.144. The number of ether oxygens (including phenoxy) is 2. The van der Waals surface area contributed by atoms with Crippen LogP contribution in [0.4, 0.5) is 4.79 Å². The van der Waals surface area contributed by atoms with E-state index < -0.39 is 17.8 Å². The summed E-state index contributed by atoms with van der Waals surface area (Å²) in [4.78, 5) is 42.0. The van der Waals surface area contributed by atoms with E-state index in [-0.39, 0.29) is 13.2 Å². The number of allylic oxidation sites excluding steroid dienone is 1. The van der Waals surface area contributed by atoms with Crippen LogP contribution in [0.25, 0.3) is 0 Å². The summed E-state index contributed by atoms with van der Waals surface area (Å²) < 4.78 is 10.8. The monoisotopic (exact) mass is 427 g/mol. The molecule has 1 saturated heterocycles. The minimum Gasteiger partial charge on any atom is -0.493 e. The summed E-state index contributed by atoms with van der Waals surface area (Å²) in [6.45, 7) is 1.62. The number of imide groups is 2. The van der Waals surface area contributed by atoms with Gasteiger partial charge >= 0.3 is 17.8 Å². The third kappa shape index (κ3) is 4.30. The lowest BCUT2D eigenvalue weighted by Crippen LogP contribution is -2.44. The standard InChI is InChI=1S/C23H29N3O5/c1-30-19-12-17-9-10-24(14-18(17)13-20(19)31-2)15-26-22(28)21(27)25(23(26)29)11-8-16-6-4-3-5-7-16/h6,12-13H,3-5,7-11,14-15H2,1-2H3. The fourth-order valence-electron chi connectivity index (χ4n) is 4.52. The molecule has 2 aliphatic heterocycles. The molecular formula is C23H29N3O5. The number of methoxy groups -OCH3 is 2. The highest BCUT2D eigenvalue weighted by atomic mass is 16.5. The van der Waals surface area contributed by atoms with Crippen molar-refractivity contribution in [1.82, 2.24) is 14.7 Å². The van der Waals surface area contributed by atoms with Crippen molar-refractivity contribution in [2.24, 2.45) is 0 Å². The van der Waals surface area contributed by atoms with E-state index in [9.17, 15) is 14.4 Å². The Morgan fingerprint density at radius 3 is 2.29 bits per heavy atom. The van der Waals surface area contributed by atoms with Crippen molar-refractivity contribution in [3.05, 3.63) is 34.9 Å². The molecule has 0 radical (unpaired) electrons. The van der Waals surface area contributed by atoms with Gasteiger partial charge < -0.3 is 9.47 Å². The Balaban J connectivity index is 1.41. The molecule has 4 amide bonds. The van der Waals surface area contributed by atoms with Crippen LogP contribution < -0.4 is 9.47 Å². The Kier molecular flexibility index (Phi) is 6.27. The Bertz CT molecular complexity index is 926. The molecule has 4 rings (SSSR count). The smallest absolute Gasteiger partial charge is 0.335 e. The van der Waals surface area contributed by atoms with Gasteiger partial charge in [-0.25, -0.2) is 9.69 Å². The van der Waals surface area contributed by atoms with Gasteiger partial charge in [0.2, 0.25) is 0 Å². The second-order valence-electron chi connectivity index (χ2n) is 8.25. The molecule has 1 aliphatic carbocycles. The second-order valence-corrected chi connectivity index (χ2v) is 8.25. The topological polar surface area (TPSA) is 79.4 Å². The quantitative estimate of drug-likeness (QED) is 0.378. The first-order valence-corrected chi connectivity index (χ1v) is 10.8. The van der Waals surface area contributed by atoms with Crippen LogP contribution in [-0.4, -0.2) is 66.5 Å². The Morgan fingerprint density at radius 2 is 1.61 bits per heavy atom. The van der Waals surface area contributed by atoms with Crippen LogP contribution in [0.1, 0.15) is 43.2 Å². The highest BCUT2D eigenvalue weighted by molar-refractivity contribution is 6.44. The van der Waals surface area contributed by atoms with Crippen LogP contribution in [0, 0.1) is 0 Å². The predicted molar refractivity (Wildman–Crippen MR) is 114 cm³/mol. The van der Waals surface area contributed by atoms with Gasteiger partial charge in [0.1, 0.15) is 0 Å². The molecule has 0 bridgehead atoms. The van der Waals surface area contributed by atoms with Crippen molar-refractivity contribution in [3.8, 4) is 11.5 Å². The highest BCUT2D eigenvalue weighted by Gasteiger charge is 2.44. The average Bonchev–Trinajstić information content (AvgIpc) is 3.00. The molecule has 0 spiro atoms. The number of urea groups is 1. The zero-order valence-corrected chi connectivity index (χ0v) is 18.2. The number of amides is 4. The maximum absolute atomic E-state index is 12.8. The number of hydrogen-bond acceptors (Lipinski definition) is 6. The molecule has 3 aliphatic rings. The highest BCUT2D eigenvalue weighted by Crippen LogP contribution is 2.33. The molecule has 1 fully saturated rings. The lowest BCUT2D eigenvalue weighted by atomic mass is 9.97. The van der Waals surface area contributed by atoms with Crippen LogP contribution in [0.3, 0.4) is 0 Å². The molecule has 166 valence electrons. The number of fused-ring (bicyclic) bond motifs is 1. The SMILES string of the molecule is COc1cc2c(cc1OC)CN(CN1C(=O)C(=O)N(CCC3=CCCCC3)C1=O)CC2. The molecule has 0 saturated carbocycles. The molecule has 8 nitrogen and oxygen atoms in total. The first-order chi connectivity index (χ1) is 15.0. The van der Waals surface area contributed by atoms with Crippen molar-refractivity contribution in [2.75, 3.05) is 34.0 Å². The Morgan fingerprint density at radius 1 is 0.903 bits per heavy atom. The Labute approximate surface area is 182 Å². The number of hydrogen-bond donors (Lipinski definition) is 0. The maximum atomic E-state index is 12.8. The van der Waals surface area contributed by atoms with Gasteiger partial charge in [0.25, 0.3) is 0 Å². The van der Waals surface area contributed by atoms with Crippen LogP contribution in [0.2, 0.25) is 0 Å². The summed E-state index contributed by atoms with van der Waals surface area (Å²) in [5.74, 6) is -0.116. The van der Waals surface area contributed by atoms with Gasteiger partial charge in [-0.1, -0.05) is 11.6 Å². The predicted octanol–water partition coefficient (Wildman–Crippen LogP) is 2.70. The van der Waals surface area contributed by atoms with Crippen molar-refractivity contribution in [1.29, 1.82) is 0 Å². The number of rotatable bonds is 7. The Hall–Kier alpha value is -2.87. The summed E-state index contributed by atoms with van der Waals surface area (Å²) in [5.41, 5.74) is 3.50. The number of carbonyl (C=O) groups is 3. The molecule has 0 N–H and O–H groups in total. The van der Waals surface area contributed by atoms with E-state index >= 15 is 0 Å². The van der Waals surface area contributed by atoms with Gasteiger partial charge in [0.15, 0.2) is 11.5 Å². The molecular weight excluding hydrogens is 398 g/mol. The van der Waals surface area contributed by atoms with E-state index in [1.807, 2.05) is 17.0 Å². The van der Waals surface area contributed by atoms with E-state index in [2.05, 4.69) is 6.08 Å². The van der Waals surface area contributed by atoms with Crippen LogP contribution in [0.5, 0.6) is 11.5 Å². The van der Waals surface area contributed by atoms with Gasteiger partial charge in [0.05, 0.1) is 20.9 Å².